The zero-order valence-electron chi connectivity index (χ0n) is 9.74. The van der Waals surface area contributed by atoms with Crippen LogP contribution in [0.3, 0.4) is 0 Å². The van der Waals surface area contributed by atoms with Gasteiger partial charge in [-0.2, -0.15) is 0 Å². The molecule has 0 N–H and O–H groups in total. The van der Waals surface area contributed by atoms with Crippen LogP contribution >= 0.6 is 0 Å². The van der Waals surface area contributed by atoms with E-state index in [2.05, 4.69) is 0 Å². The van der Waals surface area contributed by atoms with E-state index in [9.17, 15) is 9.18 Å². The van der Waals surface area contributed by atoms with Crippen molar-refractivity contribution < 1.29 is 18.7 Å². The molecule has 1 aliphatic heterocycles. The van der Waals surface area contributed by atoms with Crippen LogP contribution in [0.2, 0.25) is 0 Å². The summed E-state index contributed by atoms with van der Waals surface area (Å²) in [6.45, 7) is 0.933. The molecule has 92 valence electrons. The second-order valence-corrected chi connectivity index (χ2v) is 4.12. The molecule has 0 spiro atoms. The Morgan fingerprint density at radius 1 is 1.35 bits per heavy atom. The SMILES string of the molecule is COC1(C(=O)c2ccccc2F)CCOCC1. The van der Waals surface area contributed by atoms with E-state index in [1.54, 1.807) is 12.1 Å². The first-order chi connectivity index (χ1) is 8.19. The van der Waals surface area contributed by atoms with E-state index >= 15 is 0 Å². The van der Waals surface area contributed by atoms with Gasteiger partial charge in [-0.1, -0.05) is 12.1 Å². The Morgan fingerprint density at radius 3 is 2.59 bits per heavy atom. The molecule has 1 saturated heterocycles. The van der Waals surface area contributed by atoms with E-state index in [-0.39, 0.29) is 11.3 Å². The Kier molecular flexibility index (Phi) is 3.54. The van der Waals surface area contributed by atoms with Gasteiger partial charge in [-0.25, -0.2) is 4.39 Å². The molecule has 1 aliphatic rings. The lowest BCUT2D eigenvalue weighted by Gasteiger charge is -2.34. The molecule has 1 aromatic rings. The lowest BCUT2D eigenvalue weighted by atomic mass is 9.85. The number of Topliss-reactive ketones (excluding diaryl/α,β-unsaturated/α-hetero) is 1. The Balaban J connectivity index is 2.32. The number of benzene rings is 1. The first kappa shape index (κ1) is 12.2. The van der Waals surface area contributed by atoms with E-state index in [0.717, 1.165) is 0 Å². The fraction of sp³-hybridized carbons (Fsp3) is 0.462. The summed E-state index contributed by atoms with van der Waals surface area (Å²) < 4.78 is 24.2. The predicted molar refractivity (Wildman–Crippen MR) is 60.5 cm³/mol. The van der Waals surface area contributed by atoms with Gasteiger partial charge in [0, 0.05) is 33.2 Å². The van der Waals surface area contributed by atoms with Crippen molar-refractivity contribution in [3.63, 3.8) is 0 Å². The molecule has 0 bridgehead atoms. The summed E-state index contributed by atoms with van der Waals surface area (Å²) in [7, 11) is 1.49. The van der Waals surface area contributed by atoms with Crippen LogP contribution in [0.1, 0.15) is 23.2 Å². The molecule has 17 heavy (non-hydrogen) atoms. The zero-order valence-corrected chi connectivity index (χ0v) is 9.74. The number of methoxy groups -OCH3 is 1. The van der Waals surface area contributed by atoms with Crippen LogP contribution in [-0.2, 0) is 9.47 Å². The molecule has 0 aliphatic carbocycles. The average Bonchev–Trinajstić information content (AvgIpc) is 2.39. The molecule has 0 aromatic heterocycles. The quantitative estimate of drug-likeness (QED) is 0.757. The van der Waals surface area contributed by atoms with Crippen LogP contribution in [0.15, 0.2) is 24.3 Å². The Bertz CT molecular complexity index is 411. The predicted octanol–water partition coefficient (Wildman–Crippen LogP) is 2.20. The molecule has 0 unspecified atom stereocenters. The van der Waals surface area contributed by atoms with Crippen molar-refractivity contribution in [3.05, 3.63) is 35.6 Å². The third kappa shape index (κ3) is 2.23. The number of carbonyl (C=O) groups excluding carboxylic acids is 1. The fourth-order valence-electron chi connectivity index (χ4n) is 2.12. The van der Waals surface area contributed by atoms with E-state index in [0.29, 0.717) is 26.1 Å². The van der Waals surface area contributed by atoms with Crippen molar-refractivity contribution in [1.29, 1.82) is 0 Å². The molecule has 0 radical (unpaired) electrons. The van der Waals surface area contributed by atoms with Gasteiger partial charge in [0.2, 0.25) is 0 Å². The molecular formula is C13H15FO3. The molecular weight excluding hydrogens is 223 g/mol. The first-order valence-electron chi connectivity index (χ1n) is 5.62. The van der Waals surface area contributed by atoms with Crippen LogP contribution in [0, 0.1) is 5.82 Å². The Morgan fingerprint density at radius 2 is 2.00 bits per heavy atom. The van der Waals surface area contributed by atoms with E-state index < -0.39 is 11.4 Å². The second kappa shape index (κ2) is 4.94. The molecule has 1 fully saturated rings. The van der Waals surface area contributed by atoms with E-state index in [1.165, 1.54) is 19.2 Å². The average molecular weight is 238 g/mol. The number of ether oxygens (including phenoxy) is 2. The lowest BCUT2D eigenvalue weighted by molar-refractivity contribution is -0.0664. The van der Waals surface area contributed by atoms with Crippen molar-refractivity contribution in [2.75, 3.05) is 20.3 Å². The van der Waals surface area contributed by atoms with Crippen LogP contribution in [-0.4, -0.2) is 31.7 Å². The number of halogens is 1. The number of ketones is 1. The maximum absolute atomic E-state index is 13.6. The standard InChI is InChI=1S/C13H15FO3/c1-16-13(6-8-17-9-7-13)12(15)10-4-2-3-5-11(10)14/h2-5H,6-9H2,1H3. The molecule has 1 heterocycles. The minimum absolute atomic E-state index is 0.0938. The minimum atomic E-state index is -0.930. The van der Waals surface area contributed by atoms with E-state index in [4.69, 9.17) is 9.47 Å². The van der Waals surface area contributed by atoms with Gasteiger partial charge in [0.1, 0.15) is 11.4 Å². The van der Waals surface area contributed by atoms with Crippen molar-refractivity contribution >= 4 is 5.78 Å². The first-order valence-corrected chi connectivity index (χ1v) is 5.62. The largest absolute Gasteiger partial charge is 0.381 e. The van der Waals surface area contributed by atoms with Crippen molar-refractivity contribution in [2.45, 2.75) is 18.4 Å². The van der Waals surface area contributed by atoms with Gasteiger partial charge >= 0.3 is 0 Å². The van der Waals surface area contributed by atoms with Gasteiger partial charge in [-0.15, -0.1) is 0 Å². The fourth-order valence-corrected chi connectivity index (χ4v) is 2.12. The highest BCUT2D eigenvalue weighted by atomic mass is 19.1. The van der Waals surface area contributed by atoms with Gasteiger partial charge in [0.25, 0.3) is 0 Å². The maximum Gasteiger partial charge on any atom is 0.197 e. The third-order valence-corrected chi connectivity index (χ3v) is 3.22. The van der Waals surface area contributed by atoms with Crippen molar-refractivity contribution in [1.82, 2.24) is 0 Å². The summed E-state index contributed by atoms with van der Waals surface area (Å²) in [6, 6.07) is 6.00. The number of rotatable bonds is 3. The molecule has 0 saturated carbocycles. The molecule has 4 heteroatoms. The number of carbonyl (C=O) groups is 1. The summed E-state index contributed by atoms with van der Waals surface area (Å²) in [6.07, 6.45) is 0.938. The van der Waals surface area contributed by atoms with Crippen LogP contribution in [0.5, 0.6) is 0 Å². The Labute approximate surface area is 99.5 Å². The van der Waals surface area contributed by atoms with Crippen LogP contribution < -0.4 is 0 Å². The third-order valence-electron chi connectivity index (χ3n) is 3.22. The molecule has 0 atom stereocenters. The van der Waals surface area contributed by atoms with Crippen LogP contribution in [0.4, 0.5) is 4.39 Å². The zero-order chi connectivity index (χ0) is 12.3. The van der Waals surface area contributed by atoms with Gasteiger partial charge in [0.05, 0.1) is 5.56 Å². The Hall–Kier alpha value is -1.26. The maximum atomic E-state index is 13.6. The summed E-state index contributed by atoms with van der Waals surface area (Å²) in [5.74, 6) is -0.790. The van der Waals surface area contributed by atoms with E-state index in [1.807, 2.05) is 0 Å². The normalized spacial score (nSPS) is 18.9. The number of hydrogen-bond donors (Lipinski definition) is 0. The minimum Gasteiger partial charge on any atom is -0.381 e. The summed E-state index contributed by atoms with van der Waals surface area (Å²) in [4.78, 5) is 12.4. The molecule has 0 amide bonds. The smallest absolute Gasteiger partial charge is 0.197 e. The van der Waals surface area contributed by atoms with Gasteiger partial charge in [-0.05, 0) is 12.1 Å². The van der Waals surface area contributed by atoms with Crippen molar-refractivity contribution in [3.8, 4) is 0 Å². The highest BCUT2D eigenvalue weighted by Crippen LogP contribution is 2.29. The number of hydrogen-bond acceptors (Lipinski definition) is 3. The second-order valence-electron chi connectivity index (χ2n) is 4.12. The lowest BCUT2D eigenvalue weighted by Crippen LogP contribution is -2.46. The van der Waals surface area contributed by atoms with Crippen molar-refractivity contribution in [2.24, 2.45) is 0 Å². The monoisotopic (exact) mass is 238 g/mol. The summed E-state index contributed by atoms with van der Waals surface area (Å²) >= 11 is 0. The summed E-state index contributed by atoms with van der Waals surface area (Å²) in [5.41, 5.74) is -0.836. The van der Waals surface area contributed by atoms with Gasteiger partial charge < -0.3 is 9.47 Å². The van der Waals surface area contributed by atoms with Gasteiger partial charge in [-0.3, -0.25) is 4.79 Å². The molecule has 3 nitrogen and oxygen atoms in total. The topological polar surface area (TPSA) is 35.5 Å². The molecule has 1 aromatic carbocycles. The van der Waals surface area contributed by atoms with Gasteiger partial charge in [0.15, 0.2) is 5.78 Å². The highest BCUT2D eigenvalue weighted by molar-refractivity contribution is 6.02. The molecule has 2 rings (SSSR count). The highest BCUT2D eigenvalue weighted by Gasteiger charge is 2.41. The summed E-state index contributed by atoms with van der Waals surface area (Å²) in [5, 5.41) is 0. The van der Waals surface area contributed by atoms with Crippen LogP contribution in [0.25, 0.3) is 0 Å².